The summed E-state index contributed by atoms with van der Waals surface area (Å²) in [5.41, 5.74) is 1.33. The zero-order valence-electron chi connectivity index (χ0n) is 8.05. The molecule has 1 unspecified atom stereocenters. The van der Waals surface area contributed by atoms with Gasteiger partial charge in [0.1, 0.15) is 18.5 Å². The summed E-state index contributed by atoms with van der Waals surface area (Å²) in [5.74, 6) is -0.346. The van der Waals surface area contributed by atoms with Crippen molar-refractivity contribution in [1.29, 1.82) is 0 Å². The molecule has 0 aromatic rings. The van der Waals surface area contributed by atoms with Crippen molar-refractivity contribution in [2.75, 3.05) is 6.61 Å². The van der Waals surface area contributed by atoms with Gasteiger partial charge in [0, 0.05) is 6.92 Å². The first-order valence-electron chi connectivity index (χ1n) is 4.33. The Hall–Kier alpha value is -1.46. The number of carbonyl (C=O) groups excluding carboxylic acids is 1. The number of aliphatic imine (C=N–C) groups is 2. The molecule has 78 valence electrons. The quantitative estimate of drug-likeness (QED) is 0.527. The van der Waals surface area contributed by atoms with E-state index in [-0.39, 0.29) is 16.6 Å². The molecule has 0 N–H and O–H groups in total. The largest absolute Gasteiger partial charge is 0.459 e. The summed E-state index contributed by atoms with van der Waals surface area (Å²) < 4.78 is 4.81. The number of hydrogen-bond donors (Lipinski definition) is 0. The van der Waals surface area contributed by atoms with Crippen LogP contribution in [0.25, 0.3) is 0 Å². The Balaban J connectivity index is 2.22. The van der Waals surface area contributed by atoms with Crippen molar-refractivity contribution in [2.45, 2.75) is 6.92 Å². The van der Waals surface area contributed by atoms with Gasteiger partial charge in [0.2, 0.25) is 12.0 Å². The Labute approximate surface area is 91.7 Å². The highest BCUT2D eigenvalue weighted by Crippen LogP contribution is 2.30. The zero-order valence-corrected chi connectivity index (χ0v) is 8.81. The standard InChI is InChI=1S/C9H9ClN3O2/c1-7(14)15-5-8-9-4-11-2-3-13(9,10)6-12-8/h2-4,6H,5H2,1H3/q+1. The summed E-state index contributed by atoms with van der Waals surface area (Å²) in [6.07, 6.45) is 6.44. The molecule has 0 aromatic heterocycles. The van der Waals surface area contributed by atoms with Crippen LogP contribution in [0.1, 0.15) is 6.92 Å². The molecule has 6 heteroatoms. The van der Waals surface area contributed by atoms with E-state index in [0.29, 0.717) is 11.4 Å². The number of allylic oxidation sites excluding steroid dienone is 1. The van der Waals surface area contributed by atoms with Crippen molar-refractivity contribution in [3.05, 3.63) is 23.8 Å². The zero-order chi connectivity index (χ0) is 10.9. The summed E-state index contributed by atoms with van der Waals surface area (Å²) in [4.78, 5) is 18.7. The number of nitrogens with zero attached hydrogens (tertiary/aromatic N) is 3. The third kappa shape index (κ3) is 1.84. The first-order valence-corrected chi connectivity index (χ1v) is 4.67. The minimum Gasteiger partial charge on any atom is -0.459 e. The Morgan fingerprint density at radius 1 is 1.67 bits per heavy atom. The van der Waals surface area contributed by atoms with Gasteiger partial charge >= 0.3 is 5.97 Å². The van der Waals surface area contributed by atoms with Crippen molar-refractivity contribution in [2.24, 2.45) is 9.98 Å². The highest BCUT2D eigenvalue weighted by molar-refractivity contribution is 6.14. The van der Waals surface area contributed by atoms with E-state index in [9.17, 15) is 4.79 Å². The highest BCUT2D eigenvalue weighted by atomic mass is 35.5. The number of hydrogen-bond acceptors (Lipinski definition) is 4. The predicted molar refractivity (Wildman–Crippen MR) is 55.9 cm³/mol. The highest BCUT2D eigenvalue weighted by Gasteiger charge is 2.37. The predicted octanol–water partition coefficient (Wildman–Crippen LogP) is 1.33. The number of quaternary nitrogens is 1. The van der Waals surface area contributed by atoms with E-state index in [1.165, 1.54) is 6.92 Å². The first kappa shape index (κ1) is 10.1. The Kier molecular flexibility index (Phi) is 2.42. The van der Waals surface area contributed by atoms with Gasteiger partial charge in [-0.15, -0.1) is 4.00 Å². The van der Waals surface area contributed by atoms with Gasteiger partial charge < -0.3 is 4.74 Å². The number of esters is 1. The summed E-state index contributed by atoms with van der Waals surface area (Å²) in [5, 5.41) is 0. The molecular weight excluding hydrogens is 218 g/mol. The molecule has 1 atom stereocenters. The van der Waals surface area contributed by atoms with Crippen molar-refractivity contribution in [1.82, 2.24) is 0 Å². The van der Waals surface area contributed by atoms with E-state index in [0.717, 1.165) is 0 Å². The van der Waals surface area contributed by atoms with E-state index < -0.39 is 0 Å². The molecule has 2 aliphatic rings. The fraction of sp³-hybridized carbons (Fsp3) is 0.222. The molecule has 0 radical (unpaired) electrons. The molecule has 0 aromatic carbocycles. The van der Waals surface area contributed by atoms with Crippen LogP contribution in [0.3, 0.4) is 0 Å². The normalized spacial score (nSPS) is 27.1. The number of fused-ring (bicyclic) bond motifs is 1. The van der Waals surface area contributed by atoms with Crippen molar-refractivity contribution in [3.63, 3.8) is 0 Å². The second kappa shape index (κ2) is 3.60. The first-order chi connectivity index (χ1) is 7.12. The van der Waals surface area contributed by atoms with Gasteiger partial charge in [0.25, 0.3) is 0 Å². The number of carbonyl (C=O) groups is 1. The van der Waals surface area contributed by atoms with Gasteiger partial charge in [-0.2, -0.15) is 4.99 Å². The van der Waals surface area contributed by atoms with E-state index in [4.69, 9.17) is 16.5 Å². The Morgan fingerprint density at radius 3 is 3.20 bits per heavy atom. The van der Waals surface area contributed by atoms with E-state index >= 15 is 0 Å². The van der Waals surface area contributed by atoms with Gasteiger partial charge in [0.15, 0.2) is 11.8 Å². The molecule has 15 heavy (non-hydrogen) atoms. The number of rotatable bonds is 2. The molecular formula is C9H9ClN3O2+. The van der Waals surface area contributed by atoms with Crippen molar-refractivity contribution < 1.29 is 13.5 Å². The van der Waals surface area contributed by atoms with Crippen LogP contribution in [0.2, 0.25) is 0 Å². The average Bonchev–Trinajstić information content (AvgIpc) is 2.52. The lowest BCUT2D eigenvalue weighted by atomic mass is 10.3. The van der Waals surface area contributed by atoms with Crippen molar-refractivity contribution in [3.8, 4) is 0 Å². The lowest BCUT2D eigenvalue weighted by Crippen LogP contribution is -2.29. The summed E-state index contributed by atoms with van der Waals surface area (Å²) >= 11 is 6.19. The van der Waals surface area contributed by atoms with Gasteiger partial charge in [0.05, 0.1) is 12.4 Å². The minimum atomic E-state index is -0.346. The van der Waals surface area contributed by atoms with Crippen LogP contribution in [0.5, 0.6) is 0 Å². The van der Waals surface area contributed by atoms with Gasteiger partial charge in [-0.05, 0) is 0 Å². The fourth-order valence-corrected chi connectivity index (χ4v) is 1.53. The third-order valence-electron chi connectivity index (χ3n) is 2.03. The van der Waals surface area contributed by atoms with Crippen LogP contribution >= 0.6 is 11.8 Å². The molecule has 0 spiro atoms. The van der Waals surface area contributed by atoms with Crippen LogP contribution in [-0.2, 0) is 9.53 Å². The van der Waals surface area contributed by atoms with E-state index in [1.807, 2.05) is 0 Å². The number of halogens is 1. The Bertz CT molecular complexity index is 425. The molecule has 0 bridgehead atoms. The lowest BCUT2D eigenvalue weighted by Gasteiger charge is -2.16. The molecule has 0 amide bonds. The molecule has 0 fully saturated rings. The maximum Gasteiger partial charge on any atom is 0.303 e. The van der Waals surface area contributed by atoms with Gasteiger partial charge in [-0.25, -0.2) is 0 Å². The van der Waals surface area contributed by atoms with Gasteiger partial charge in [-0.3, -0.25) is 9.79 Å². The van der Waals surface area contributed by atoms with Gasteiger partial charge in [-0.1, -0.05) is 0 Å². The van der Waals surface area contributed by atoms with E-state index in [2.05, 4.69) is 9.98 Å². The third-order valence-corrected chi connectivity index (χ3v) is 2.41. The number of ether oxygens (including phenoxy) is 1. The second-order valence-corrected chi connectivity index (χ2v) is 3.68. The van der Waals surface area contributed by atoms with E-state index in [1.54, 1.807) is 25.0 Å². The second-order valence-electron chi connectivity index (χ2n) is 3.12. The molecule has 2 rings (SSSR count). The lowest BCUT2D eigenvalue weighted by molar-refractivity contribution is -0.592. The molecule has 0 saturated carbocycles. The fourth-order valence-electron chi connectivity index (χ4n) is 1.29. The molecule has 0 aliphatic carbocycles. The van der Waals surface area contributed by atoms with Crippen LogP contribution in [-0.4, -0.2) is 29.1 Å². The van der Waals surface area contributed by atoms with Crippen molar-refractivity contribution >= 4 is 30.3 Å². The minimum absolute atomic E-state index is 0.0416. The SMILES string of the molecule is CC(=O)OCC1=C2C=NC=C[N+]2(Cl)C=N1. The maximum absolute atomic E-state index is 10.7. The summed E-state index contributed by atoms with van der Waals surface area (Å²) in [7, 11) is 0. The molecule has 2 heterocycles. The Morgan fingerprint density at radius 2 is 2.47 bits per heavy atom. The monoisotopic (exact) mass is 226 g/mol. The van der Waals surface area contributed by atoms with Crippen LogP contribution in [0.4, 0.5) is 0 Å². The molecule has 5 nitrogen and oxygen atoms in total. The topological polar surface area (TPSA) is 51.0 Å². The summed E-state index contributed by atoms with van der Waals surface area (Å²) in [6, 6.07) is 0. The van der Waals surface area contributed by atoms with Crippen LogP contribution in [0.15, 0.2) is 33.8 Å². The smallest absolute Gasteiger partial charge is 0.303 e. The maximum atomic E-state index is 10.7. The molecule has 2 aliphatic heterocycles. The van der Waals surface area contributed by atoms with Crippen LogP contribution < -0.4 is 0 Å². The molecule has 0 saturated heterocycles. The summed E-state index contributed by atoms with van der Waals surface area (Å²) in [6.45, 7) is 1.47. The average molecular weight is 227 g/mol. The van der Waals surface area contributed by atoms with Crippen LogP contribution in [0, 0.1) is 0 Å².